The van der Waals surface area contributed by atoms with Gasteiger partial charge < -0.3 is 9.80 Å². The molecule has 0 rings (SSSR count). The van der Waals surface area contributed by atoms with Gasteiger partial charge in [-0.25, -0.2) is 0 Å². The summed E-state index contributed by atoms with van der Waals surface area (Å²) >= 11 is 5.96. The standard InChI is InChI=1S/C6H15ClN2Si/c1-8(2)5(7)6(10)9(3)4/h1-4,10H3. The highest BCUT2D eigenvalue weighted by Gasteiger charge is 2.01. The van der Waals surface area contributed by atoms with Crippen molar-refractivity contribution in [1.82, 2.24) is 9.80 Å². The summed E-state index contributed by atoms with van der Waals surface area (Å²) in [5, 5.41) is 2.06. The molecule has 0 atom stereocenters. The summed E-state index contributed by atoms with van der Waals surface area (Å²) < 4.78 is 0. The summed E-state index contributed by atoms with van der Waals surface area (Å²) in [5.74, 6) is 0. The van der Waals surface area contributed by atoms with Crippen LogP contribution >= 0.6 is 11.6 Å². The van der Waals surface area contributed by atoms with E-state index in [2.05, 4.69) is 4.90 Å². The lowest BCUT2D eigenvalue weighted by Crippen LogP contribution is -2.18. The fraction of sp³-hybridized carbons (Fsp3) is 0.667. The van der Waals surface area contributed by atoms with E-state index in [4.69, 9.17) is 11.6 Å². The zero-order valence-electron chi connectivity index (χ0n) is 7.27. The van der Waals surface area contributed by atoms with Gasteiger partial charge in [-0.3, -0.25) is 0 Å². The first-order valence-electron chi connectivity index (χ1n) is 3.18. The molecule has 0 unspecified atom stereocenters. The molecular formula is C6H15ClN2Si. The number of nitrogens with zero attached hydrogens (tertiary/aromatic N) is 2. The number of halogens is 1. The molecule has 0 saturated carbocycles. The predicted molar refractivity (Wildman–Crippen MR) is 50.2 cm³/mol. The van der Waals surface area contributed by atoms with Crippen LogP contribution in [0.5, 0.6) is 0 Å². The van der Waals surface area contributed by atoms with Crippen molar-refractivity contribution in [3.05, 3.63) is 10.5 Å². The minimum atomic E-state index is 0.844. The highest BCUT2D eigenvalue weighted by Crippen LogP contribution is 2.09. The van der Waals surface area contributed by atoms with Crippen molar-refractivity contribution in [2.75, 3.05) is 28.2 Å². The zero-order chi connectivity index (χ0) is 8.31. The first kappa shape index (κ1) is 9.85. The number of hydrogen-bond acceptors (Lipinski definition) is 2. The van der Waals surface area contributed by atoms with Crippen molar-refractivity contribution in [2.24, 2.45) is 0 Å². The Morgan fingerprint density at radius 1 is 1.10 bits per heavy atom. The summed E-state index contributed by atoms with van der Waals surface area (Å²) in [4.78, 5) is 3.97. The minimum Gasteiger partial charge on any atom is -0.383 e. The van der Waals surface area contributed by atoms with Crippen molar-refractivity contribution >= 4 is 21.8 Å². The average molecular weight is 179 g/mol. The van der Waals surface area contributed by atoms with Gasteiger partial charge in [0.25, 0.3) is 0 Å². The topological polar surface area (TPSA) is 6.48 Å². The van der Waals surface area contributed by atoms with Gasteiger partial charge in [-0.2, -0.15) is 0 Å². The molecule has 0 fully saturated rings. The smallest absolute Gasteiger partial charge is 0.118 e. The van der Waals surface area contributed by atoms with E-state index in [9.17, 15) is 0 Å². The quantitative estimate of drug-likeness (QED) is 0.429. The van der Waals surface area contributed by atoms with Crippen molar-refractivity contribution in [1.29, 1.82) is 0 Å². The van der Waals surface area contributed by atoms with Crippen molar-refractivity contribution < 1.29 is 0 Å². The molecule has 0 aliphatic rings. The van der Waals surface area contributed by atoms with Gasteiger partial charge in [0.05, 0.1) is 10.2 Å². The van der Waals surface area contributed by atoms with E-state index >= 15 is 0 Å². The van der Waals surface area contributed by atoms with Gasteiger partial charge >= 0.3 is 0 Å². The third-order valence-electron chi connectivity index (χ3n) is 1.36. The maximum absolute atomic E-state index is 5.96. The Labute approximate surface area is 70.9 Å². The van der Waals surface area contributed by atoms with E-state index in [1.54, 1.807) is 0 Å². The highest BCUT2D eigenvalue weighted by molar-refractivity contribution is 6.35. The molecule has 0 aliphatic carbocycles. The molecule has 0 aromatic rings. The van der Waals surface area contributed by atoms with Gasteiger partial charge in [0.1, 0.15) is 5.16 Å². The van der Waals surface area contributed by atoms with Gasteiger partial charge in [0.15, 0.2) is 0 Å². The Bertz CT molecular complexity index is 127. The first-order chi connectivity index (χ1) is 4.46. The molecule has 0 spiro atoms. The number of hydrogen-bond donors (Lipinski definition) is 0. The molecule has 0 aliphatic heterocycles. The SMILES string of the molecule is CN(C)C([SiH3])=C(Cl)N(C)C. The fourth-order valence-corrected chi connectivity index (χ4v) is 1.12. The van der Waals surface area contributed by atoms with E-state index in [-0.39, 0.29) is 0 Å². The van der Waals surface area contributed by atoms with Crippen LogP contribution in [0.15, 0.2) is 10.5 Å². The molecule has 0 aromatic heterocycles. The zero-order valence-corrected chi connectivity index (χ0v) is 10.0. The molecular weight excluding hydrogens is 164 g/mol. The van der Waals surface area contributed by atoms with E-state index in [0.29, 0.717) is 0 Å². The van der Waals surface area contributed by atoms with Gasteiger partial charge in [0, 0.05) is 33.5 Å². The van der Waals surface area contributed by atoms with Crippen molar-refractivity contribution in [3.63, 3.8) is 0 Å². The lowest BCUT2D eigenvalue weighted by molar-refractivity contribution is 0.488. The normalized spacial score (nSPS) is 12.9. The van der Waals surface area contributed by atoms with Gasteiger partial charge in [-0.1, -0.05) is 11.6 Å². The van der Waals surface area contributed by atoms with Gasteiger partial charge in [-0.15, -0.1) is 0 Å². The highest BCUT2D eigenvalue weighted by atomic mass is 35.5. The summed E-state index contributed by atoms with van der Waals surface area (Å²) in [7, 11) is 8.90. The molecule has 0 saturated heterocycles. The molecule has 0 bridgehead atoms. The monoisotopic (exact) mass is 178 g/mol. The Morgan fingerprint density at radius 2 is 1.50 bits per heavy atom. The summed E-state index contributed by atoms with van der Waals surface area (Å²) in [5.41, 5.74) is 0. The maximum atomic E-state index is 5.96. The predicted octanol–water partition coefficient (Wildman–Crippen LogP) is -0.160. The Kier molecular flexibility index (Phi) is 3.82. The van der Waals surface area contributed by atoms with E-state index < -0.39 is 0 Å². The van der Waals surface area contributed by atoms with Crippen LogP contribution in [-0.2, 0) is 0 Å². The van der Waals surface area contributed by atoms with Gasteiger partial charge in [-0.05, 0) is 0 Å². The van der Waals surface area contributed by atoms with Crippen LogP contribution in [0.1, 0.15) is 0 Å². The van der Waals surface area contributed by atoms with Crippen molar-refractivity contribution in [3.8, 4) is 0 Å². The lowest BCUT2D eigenvalue weighted by atomic mass is 10.7. The Morgan fingerprint density at radius 3 is 1.60 bits per heavy atom. The van der Waals surface area contributed by atoms with Crippen LogP contribution in [0.4, 0.5) is 0 Å². The summed E-state index contributed by atoms with van der Waals surface area (Å²) in [6, 6.07) is 0. The molecule has 2 nitrogen and oxygen atoms in total. The maximum Gasteiger partial charge on any atom is 0.118 e. The van der Waals surface area contributed by atoms with Crippen LogP contribution in [0, 0.1) is 0 Å². The molecule has 0 heterocycles. The number of rotatable bonds is 2. The summed E-state index contributed by atoms with van der Waals surface area (Å²) in [6.07, 6.45) is 0. The second kappa shape index (κ2) is 3.88. The molecule has 0 amide bonds. The minimum absolute atomic E-state index is 0.844. The largest absolute Gasteiger partial charge is 0.383 e. The summed E-state index contributed by atoms with van der Waals surface area (Å²) in [6.45, 7) is 0. The van der Waals surface area contributed by atoms with E-state index in [1.807, 2.05) is 33.1 Å². The first-order valence-corrected chi connectivity index (χ1v) is 4.55. The molecule has 0 aromatic carbocycles. The van der Waals surface area contributed by atoms with Crippen LogP contribution in [0.2, 0.25) is 0 Å². The fourth-order valence-electron chi connectivity index (χ4n) is 0.508. The molecule has 4 heteroatoms. The van der Waals surface area contributed by atoms with E-state index in [0.717, 1.165) is 15.4 Å². The van der Waals surface area contributed by atoms with E-state index in [1.165, 1.54) is 5.32 Å². The third kappa shape index (κ3) is 2.62. The average Bonchev–Trinajstić information content (AvgIpc) is 1.84. The van der Waals surface area contributed by atoms with Crippen LogP contribution in [-0.4, -0.2) is 48.2 Å². The van der Waals surface area contributed by atoms with Crippen LogP contribution in [0.3, 0.4) is 0 Å². The molecule has 0 radical (unpaired) electrons. The second-order valence-electron chi connectivity index (χ2n) is 2.67. The lowest BCUT2D eigenvalue weighted by Gasteiger charge is -2.19. The Hall–Kier alpha value is -0.153. The molecule has 60 valence electrons. The van der Waals surface area contributed by atoms with Crippen LogP contribution in [0.25, 0.3) is 0 Å². The van der Waals surface area contributed by atoms with Gasteiger partial charge in [0.2, 0.25) is 0 Å². The van der Waals surface area contributed by atoms with Crippen LogP contribution < -0.4 is 0 Å². The third-order valence-corrected chi connectivity index (χ3v) is 3.66. The molecule has 0 N–H and O–H groups in total. The second-order valence-corrected chi connectivity index (χ2v) is 3.97. The Balaban J connectivity index is 4.34. The molecule has 10 heavy (non-hydrogen) atoms. The van der Waals surface area contributed by atoms with Crippen molar-refractivity contribution in [2.45, 2.75) is 0 Å².